The van der Waals surface area contributed by atoms with Crippen LogP contribution in [0.4, 0.5) is 0 Å². The van der Waals surface area contributed by atoms with Crippen molar-refractivity contribution in [2.75, 3.05) is 33.0 Å². The molecule has 1 amide bonds. The molecule has 1 unspecified atom stereocenters. The van der Waals surface area contributed by atoms with Crippen molar-refractivity contribution in [1.29, 1.82) is 0 Å². The molecule has 0 spiro atoms. The highest BCUT2D eigenvalue weighted by molar-refractivity contribution is 7.90. The Morgan fingerprint density at radius 1 is 1.32 bits per heavy atom. The summed E-state index contributed by atoms with van der Waals surface area (Å²) in [6, 6.07) is 6.73. The molecule has 0 saturated carbocycles. The summed E-state index contributed by atoms with van der Waals surface area (Å²) in [7, 11) is -1.25. The van der Waals surface area contributed by atoms with Crippen LogP contribution in [0.2, 0.25) is 0 Å². The van der Waals surface area contributed by atoms with Gasteiger partial charge in [-0.2, -0.15) is 0 Å². The van der Waals surface area contributed by atoms with Crippen LogP contribution in [0.5, 0.6) is 5.75 Å². The maximum Gasteiger partial charge on any atom is 0.222 e. The summed E-state index contributed by atoms with van der Waals surface area (Å²) >= 11 is 0. The van der Waals surface area contributed by atoms with Gasteiger partial charge >= 0.3 is 0 Å². The van der Waals surface area contributed by atoms with Crippen LogP contribution in [0.15, 0.2) is 29.2 Å². The minimum atomic E-state index is -3.19. The number of sulfone groups is 1. The number of likely N-dealkylation sites (N-methyl/N-ethyl adjacent to an activating group) is 1. The lowest BCUT2D eigenvalue weighted by Crippen LogP contribution is -2.46. The second kappa shape index (κ2) is 9.99. The number of likely N-dealkylation sites (tertiary alicyclic amines) is 1. The zero-order valence-corrected chi connectivity index (χ0v) is 16.4. The Morgan fingerprint density at radius 2 is 2.00 bits per heavy atom. The van der Waals surface area contributed by atoms with E-state index in [-0.39, 0.29) is 23.2 Å². The molecule has 0 radical (unpaired) electrons. The molecule has 25 heavy (non-hydrogen) atoms. The first-order valence-corrected chi connectivity index (χ1v) is 10.2. The Kier molecular flexibility index (Phi) is 8.68. The smallest absolute Gasteiger partial charge is 0.222 e. The predicted molar refractivity (Wildman–Crippen MR) is 100 cm³/mol. The lowest BCUT2D eigenvalue weighted by molar-refractivity contribution is -0.132. The van der Waals surface area contributed by atoms with Crippen molar-refractivity contribution in [3.8, 4) is 5.75 Å². The van der Waals surface area contributed by atoms with E-state index in [1.807, 2.05) is 11.9 Å². The molecule has 1 aromatic carbocycles. The lowest BCUT2D eigenvalue weighted by atomic mass is 10.1. The predicted octanol–water partition coefficient (Wildman–Crippen LogP) is 1.88. The molecule has 1 N–H and O–H groups in total. The normalized spacial score (nSPS) is 17.7. The topological polar surface area (TPSA) is 75.7 Å². The van der Waals surface area contributed by atoms with E-state index in [1.54, 1.807) is 12.1 Å². The van der Waals surface area contributed by atoms with Crippen LogP contribution in [-0.4, -0.2) is 58.3 Å². The molecule has 142 valence electrons. The first-order chi connectivity index (χ1) is 11.4. The highest BCUT2D eigenvalue weighted by atomic mass is 35.5. The Bertz CT molecular complexity index is 649. The maximum absolute atomic E-state index is 12.2. The minimum absolute atomic E-state index is 0. The molecule has 2 rings (SSSR count). The molecule has 1 atom stereocenters. The number of hydrogen-bond donors (Lipinski definition) is 1. The van der Waals surface area contributed by atoms with Crippen molar-refractivity contribution in [3.05, 3.63) is 24.3 Å². The van der Waals surface area contributed by atoms with Gasteiger partial charge in [-0.1, -0.05) is 0 Å². The Balaban J connectivity index is 0.00000312. The van der Waals surface area contributed by atoms with Crippen molar-refractivity contribution < 1.29 is 17.9 Å². The molecular weight excluding hydrogens is 364 g/mol. The fraction of sp³-hybridized carbons (Fsp3) is 0.588. The SMILES string of the molecule is CNC1CCCN(C(=O)CCCOc2ccc(S(C)(=O)=O)cc2)C1.Cl. The Labute approximate surface area is 156 Å². The summed E-state index contributed by atoms with van der Waals surface area (Å²) in [5.74, 6) is 0.786. The number of hydrogen-bond acceptors (Lipinski definition) is 5. The van der Waals surface area contributed by atoms with Crippen LogP contribution in [-0.2, 0) is 14.6 Å². The Morgan fingerprint density at radius 3 is 2.60 bits per heavy atom. The van der Waals surface area contributed by atoms with Gasteiger partial charge in [0.05, 0.1) is 11.5 Å². The van der Waals surface area contributed by atoms with E-state index in [2.05, 4.69) is 5.32 Å². The summed E-state index contributed by atoms with van der Waals surface area (Å²) < 4.78 is 28.4. The van der Waals surface area contributed by atoms with E-state index in [4.69, 9.17) is 4.74 Å². The summed E-state index contributed by atoms with van der Waals surface area (Å²) in [4.78, 5) is 14.4. The summed E-state index contributed by atoms with van der Waals surface area (Å²) in [6.45, 7) is 2.06. The highest BCUT2D eigenvalue weighted by Gasteiger charge is 2.21. The average Bonchev–Trinajstić information content (AvgIpc) is 2.58. The molecule has 0 aromatic heterocycles. The van der Waals surface area contributed by atoms with Gasteiger partial charge in [0.25, 0.3) is 0 Å². The second-order valence-corrected chi connectivity index (χ2v) is 8.18. The number of rotatable bonds is 7. The molecule has 0 aliphatic carbocycles. The molecule has 6 nitrogen and oxygen atoms in total. The van der Waals surface area contributed by atoms with Crippen molar-refractivity contribution in [2.45, 2.75) is 36.6 Å². The monoisotopic (exact) mass is 390 g/mol. The third-order valence-electron chi connectivity index (χ3n) is 4.24. The number of halogens is 1. The van der Waals surface area contributed by atoms with Gasteiger partial charge in [-0.05, 0) is 50.6 Å². The minimum Gasteiger partial charge on any atom is -0.494 e. The Hall–Kier alpha value is -1.31. The number of piperidine rings is 1. The summed E-state index contributed by atoms with van der Waals surface area (Å²) in [6.07, 6.45) is 4.45. The van der Waals surface area contributed by atoms with Gasteiger partial charge in [0, 0.05) is 31.8 Å². The number of benzene rings is 1. The first-order valence-electron chi connectivity index (χ1n) is 8.28. The summed E-state index contributed by atoms with van der Waals surface area (Å²) in [5, 5.41) is 3.23. The van der Waals surface area contributed by atoms with Gasteiger partial charge in [0.15, 0.2) is 9.84 Å². The van der Waals surface area contributed by atoms with E-state index in [9.17, 15) is 13.2 Å². The van der Waals surface area contributed by atoms with Crippen molar-refractivity contribution in [2.24, 2.45) is 0 Å². The van der Waals surface area contributed by atoms with Gasteiger partial charge in [0.1, 0.15) is 5.75 Å². The zero-order valence-electron chi connectivity index (χ0n) is 14.7. The number of amides is 1. The number of carbonyl (C=O) groups is 1. The van der Waals surface area contributed by atoms with Crippen molar-refractivity contribution in [1.82, 2.24) is 10.2 Å². The number of nitrogens with one attached hydrogen (secondary N) is 1. The second-order valence-electron chi connectivity index (χ2n) is 6.16. The molecule has 1 saturated heterocycles. The van der Waals surface area contributed by atoms with Crippen LogP contribution in [0, 0.1) is 0 Å². The highest BCUT2D eigenvalue weighted by Crippen LogP contribution is 2.16. The maximum atomic E-state index is 12.2. The number of carbonyl (C=O) groups excluding carboxylic acids is 1. The largest absolute Gasteiger partial charge is 0.494 e. The average molecular weight is 391 g/mol. The molecule has 1 aliphatic heterocycles. The van der Waals surface area contributed by atoms with E-state index < -0.39 is 9.84 Å². The van der Waals surface area contributed by atoms with E-state index in [0.29, 0.717) is 31.2 Å². The third-order valence-corrected chi connectivity index (χ3v) is 5.37. The van der Waals surface area contributed by atoms with E-state index >= 15 is 0 Å². The van der Waals surface area contributed by atoms with Crippen LogP contribution >= 0.6 is 12.4 Å². The molecule has 1 heterocycles. The fourth-order valence-electron chi connectivity index (χ4n) is 2.79. The van der Waals surface area contributed by atoms with Crippen LogP contribution < -0.4 is 10.1 Å². The van der Waals surface area contributed by atoms with Crippen molar-refractivity contribution in [3.63, 3.8) is 0 Å². The molecular formula is C17H27ClN2O4S. The standard InChI is InChI=1S/C17H26N2O4S.ClH/c1-18-14-5-3-11-19(13-14)17(20)6-4-12-23-15-7-9-16(10-8-15)24(2,21)22;/h7-10,14,18H,3-6,11-13H2,1-2H3;1H. The quantitative estimate of drug-likeness (QED) is 0.719. The molecule has 0 bridgehead atoms. The van der Waals surface area contributed by atoms with Crippen LogP contribution in [0.3, 0.4) is 0 Å². The van der Waals surface area contributed by atoms with Crippen LogP contribution in [0.25, 0.3) is 0 Å². The molecule has 1 fully saturated rings. The van der Waals surface area contributed by atoms with E-state index in [1.165, 1.54) is 18.4 Å². The van der Waals surface area contributed by atoms with Gasteiger partial charge in [-0.3, -0.25) is 4.79 Å². The molecule has 1 aliphatic rings. The summed E-state index contributed by atoms with van der Waals surface area (Å²) in [5.41, 5.74) is 0. The van der Waals surface area contributed by atoms with Crippen molar-refractivity contribution >= 4 is 28.2 Å². The lowest BCUT2D eigenvalue weighted by Gasteiger charge is -2.32. The zero-order chi connectivity index (χ0) is 17.6. The third kappa shape index (κ3) is 6.84. The molecule has 8 heteroatoms. The number of ether oxygens (including phenoxy) is 1. The van der Waals surface area contributed by atoms with Gasteiger partial charge < -0.3 is 15.0 Å². The fourth-order valence-corrected chi connectivity index (χ4v) is 3.42. The first kappa shape index (κ1) is 21.7. The number of nitrogens with zero attached hydrogens (tertiary/aromatic N) is 1. The van der Waals surface area contributed by atoms with Gasteiger partial charge in [-0.15, -0.1) is 12.4 Å². The van der Waals surface area contributed by atoms with Gasteiger partial charge in [0.2, 0.25) is 5.91 Å². The molecule has 1 aromatic rings. The van der Waals surface area contributed by atoms with Gasteiger partial charge in [-0.25, -0.2) is 8.42 Å². The van der Waals surface area contributed by atoms with E-state index in [0.717, 1.165) is 25.9 Å². The van der Waals surface area contributed by atoms with Crippen LogP contribution in [0.1, 0.15) is 25.7 Å².